The lowest BCUT2D eigenvalue weighted by Gasteiger charge is -2.13. The van der Waals surface area contributed by atoms with Gasteiger partial charge in [0.05, 0.1) is 12.2 Å². The van der Waals surface area contributed by atoms with E-state index >= 15 is 0 Å². The Bertz CT molecular complexity index is 477. The van der Waals surface area contributed by atoms with Gasteiger partial charge in [0.1, 0.15) is 5.75 Å². The number of hydrogen-bond acceptors (Lipinski definition) is 3. The maximum Gasteiger partial charge on any atom is 0.255 e. The second-order valence-corrected chi connectivity index (χ2v) is 5.83. The monoisotopic (exact) mass is 346 g/mol. The maximum absolute atomic E-state index is 12.3. The standard InChI is InChI=1S/C16H23ClN2O2.ClH/c1-2-9-21-15-4-3-13(17)10-14(15)16(20)19-8-6-12-5-7-18-11-12;/h3-4,10,12,18H,2,5-9,11H2,1H3,(H,19,20);1H. The Hall–Kier alpha value is -0.970. The number of carbonyl (C=O) groups excluding carboxylic acids is 1. The van der Waals surface area contributed by atoms with Gasteiger partial charge in [0.25, 0.3) is 5.91 Å². The van der Waals surface area contributed by atoms with Crippen LogP contribution in [0.15, 0.2) is 18.2 Å². The predicted octanol–water partition coefficient (Wildman–Crippen LogP) is 3.28. The lowest BCUT2D eigenvalue weighted by molar-refractivity contribution is 0.0947. The molecular formula is C16H24Cl2N2O2. The third-order valence-electron chi connectivity index (χ3n) is 3.65. The molecule has 0 bridgehead atoms. The van der Waals surface area contributed by atoms with Crippen LogP contribution in [0.5, 0.6) is 5.75 Å². The molecule has 1 amide bonds. The number of carbonyl (C=O) groups is 1. The highest BCUT2D eigenvalue weighted by molar-refractivity contribution is 6.31. The average Bonchev–Trinajstić information content (AvgIpc) is 2.99. The van der Waals surface area contributed by atoms with Crippen LogP contribution in [0.4, 0.5) is 0 Å². The number of benzene rings is 1. The summed E-state index contributed by atoms with van der Waals surface area (Å²) in [5.41, 5.74) is 0.514. The number of amides is 1. The lowest BCUT2D eigenvalue weighted by Crippen LogP contribution is -2.27. The Balaban J connectivity index is 0.00000242. The summed E-state index contributed by atoms with van der Waals surface area (Å²) in [6.45, 7) is 5.45. The summed E-state index contributed by atoms with van der Waals surface area (Å²) in [6, 6.07) is 5.17. The Morgan fingerprint density at radius 2 is 2.32 bits per heavy atom. The molecule has 1 heterocycles. The van der Waals surface area contributed by atoms with Crippen molar-refractivity contribution in [3.63, 3.8) is 0 Å². The van der Waals surface area contributed by atoms with Crippen LogP contribution in [0.3, 0.4) is 0 Å². The Labute approximate surface area is 143 Å². The van der Waals surface area contributed by atoms with Gasteiger partial charge in [-0.3, -0.25) is 4.79 Å². The van der Waals surface area contributed by atoms with Gasteiger partial charge < -0.3 is 15.4 Å². The van der Waals surface area contributed by atoms with Gasteiger partial charge in [-0.2, -0.15) is 0 Å². The molecule has 2 N–H and O–H groups in total. The van der Waals surface area contributed by atoms with Gasteiger partial charge in [0, 0.05) is 11.6 Å². The number of rotatable bonds is 7. The van der Waals surface area contributed by atoms with E-state index in [0.717, 1.165) is 25.9 Å². The molecule has 1 atom stereocenters. The largest absolute Gasteiger partial charge is 0.493 e. The molecular weight excluding hydrogens is 323 g/mol. The summed E-state index contributed by atoms with van der Waals surface area (Å²) < 4.78 is 5.61. The normalized spacial score (nSPS) is 16.9. The molecule has 0 aromatic heterocycles. The third-order valence-corrected chi connectivity index (χ3v) is 3.88. The quantitative estimate of drug-likeness (QED) is 0.796. The highest BCUT2D eigenvalue weighted by Crippen LogP contribution is 2.23. The van der Waals surface area contributed by atoms with Crippen LogP contribution < -0.4 is 15.4 Å². The van der Waals surface area contributed by atoms with Crippen molar-refractivity contribution in [3.8, 4) is 5.75 Å². The summed E-state index contributed by atoms with van der Waals surface area (Å²) in [5.74, 6) is 1.15. The van der Waals surface area contributed by atoms with Crippen LogP contribution in [0, 0.1) is 5.92 Å². The van der Waals surface area contributed by atoms with Crippen LogP contribution >= 0.6 is 24.0 Å². The highest BCUT2D eigenvalue weighted by Gasteiger charge is 2.16. The van der Waals surface area contributed by atoms with Crippen LogP contribution in [-0.4, -0.2) is 32.1 Å². The molecule has 124 valence electrons. The molecule has 4 nitrogen and oxygen atoms in total. The van der Waals surface area contributed by atoms with Crippen molar-refractivity contribution in [2.24, 2.45) is 5.92 Å². The molecule has 1 saturated heterocycles. The van der Waals surface area contributed by atoms with E-state index in [-0.39, 0.29) is 18.3 Å². The van der Waals surface area contributed by atoms with Gasteiger partial charge in [-0.1, -0.05) is 18.5 Å². The van der Waals surface area contributed by atoms with Crippen molar-refractivity contribution in [1.82, 2.24) is 10.6 Å². The second kappa shape index (κ2) is 9.93. The first-order valence-electron chi connectivity index (χ1n) is 7.62. The van der Waals surface area contributed by atoms with Gasteiger partial charge in [0.15, 0.2) is 0 Å². The van der Waals surface area contributed by atoms with Crippen molar-refractivity contribution >= 4 is 29.9 Å². The van der Waals surface area contributed by atoms with E-state index in [4.69, 9.17) is 16.3 Å². The molecule has 1 aliphatic heterocycles. The zero-order valence-electron chi connectivity index (χ0n) is 12.9. The summed E-state index contributed by atoms with van der Waals surface area (Å²) in [7, 11) is 0. The Morgan fingerprint density at radius 3 is 3.00 bits per heavy atom. The average molecular weight is 347 g/mol. The fraction of sp³-hybridized carbons (Fsp3) is 0.562. The van der Waals surface area contributed by atoms with E-state index in [1.54, 1.807) is 18.2 Å². The van der Waals surface area contributed by atoms with Gasteiger partial charge in [-0.15, -0.1) is 12.4 Å². The van der Waals surface area contributed by atoms with Crippen molar-refractivity contribution in [2.45, 2.75) is 26.2 Å². The summed E-state index contributed by atoms with van der Waals surface area (Å²) in [6.07, 6.45) is 3.10. The van der Waals surface area contributed by atoms with Gasteiger partial charge in [-0.25, -0.2) is 0 Å². The van der Waals surface area contributed by atoms with Crippen molar-refractivity contribution < 1.29 is 9.53 Å². The van der Waals surface area contributed by atoms with Crippen LogP contribution in [0.2, 0.25) is 5.02 Å². The van der Waals surface area contributed by atoms with E-state index in [1.807, 2.05) is 6.92 Å². The first-order valence-corrected chi connectivity index (χ1v) is 7.99. The minimum absolute atomic E-state index is 0. The van der Waals surface area contributed by atoms with E-state index in [0.29, 0.717) is 35.4 Å². The minimum atomic E-state index is -0.116. The summed E-state index contributed by atoms with van der Waals surface area (Å²) >= 11 is 5.99. The van der Waals surface area contributed by atoms with E-state index in [9.17, 15) is 4.79 Å². The molecule has 1 aromatic rings. The van der Waals surface area contributed by atoms with E-state index in [1.165, 1.54) is 6.42 Å². The Morgan fingerprint density at radius 1 is 1.50 bits per heavy atom. The van der Waals surface area contributed by atoms with Crippen LogP contribution in [0.1, 0.15) is 36.5 Å². The molecule has 0 spiro atoms. The van der Waals surface area contributed by atoms with E-state index in [2.05, 4.69) is 10.6 Å². The van der Waals surface area contributed by atoms with Gasteiger partial charge in [-0.05, 0) is 56.5 Å². The van der Waals surface area contributed by atoms with Crippen molar-refractivity contribution in [2.75, 3.05) is 26.2 Å². The SMILES string of the molecule is CCCOc1ccc(Cl)cc1C(=O)NCCC1CCNC1.Cl. The van der Waals surface area contributed by atoms with Gasteiger partial charge in [0.2, 0.25) is 0 Å². The minimum Gasteiger partial charge on any atom is -0.493 e. The molecule has 1 aliphatic rings. The lowest BCUT2D eigenvalue weighted by atomic mass is 10.1. The Kier molecular flexibility index (Phi) is 8.61. The molecule has 1 aromatic carbocycles. The molecule has 0 radical (unpaired) electrons. The fourth-order valence-electron chi connectivity index (χ4n) is 2.46. The van der Waals surface area contributed by atoms with Crippen molar-refractivity contribution in [1.29, 1.82) is 0 Å². The topological polar surface area (TPSA) is 50.4 Å². The van der Waals surface area contributed by atoms with Gasteiger partial charge >= 0.3 is 0 Å². The molecule has 22 heavy (non-hydrogen) atoms. The number of nitrogens with one attached hydrogen (secondary N) is 2. The molecule has 1 fully saturated rings. The van der Waals surface area contributed by atoms with E-state index < -0.39 is 0 Å². The molecule has 6 heteroatoms. The maximum atomic E-state index is 12.3. The second-order valence-electron chi connectivity index (χ2n) is 5.39. The van der Waals surface area contributed by atoms with Crippen LogP contribution in [-0.2, 0) is 0 Å². The molecule has 2 rings (SSSR count). The predicted molar refractivity (Wildman–Crippen MR) is 92.4 cm³/mol. The first-order chi connectivity index (χ1) is 10.2. The smallest absolute Gasteiger partial charge is 0.255 e. The molecule has 0 aliphatic carbocycles. The zero-order valence-corrected chi connectivity index (χ0v) is 14.4. The highest BCUT2D eigenvalue weighted by atomic mass is 35.5. The zero-order chi connectivity index (χ0) is 15.1. The number of ether oxygens (including phenoxy) is 1. The molecule has 1 unspecified atom stereocenters. The van der Waals surface area contributed by atoms with Crippen molar-refractivity contribution in [3.05, 3.63) is 28.8 Å². The number of halogens is 2. The summed E-state index contributed by atoms with van der Waals surface area (Å²) in [4.78, 5) is 12.3. The fourth-order valence-corrected chi connectivity index (χ4v) is 2.64. The van der Waals surface area contributed by atoms with Crippen LogP contribution in [0.25, 0.3) is 0 Å². The summed E-state index contributed by atoms with van der Waals surface area (Å²) in [5, 5.41) is 6.84. The first kappa shape index (κ1) is 19.1. The number of hydrogen-bond donors (Lipinski definition) is 2. The third kappa shape index (κ3) is 5.67. The molecule has 0 saturated carbocycles.